The van der Waals surface area contributed by atoms with Crippen LogP contribution in [0, 0.1) is 13.8 Å². The molecule has 1 aromatic rings. The second-order valence-corrected chi connectivity index (χ2v) is 8.91. The Balaban J connectivity index is 1.87. The van der Waals surface area contributed by atoms with Crippen LogP contribution >= 0.6 is 23.5 Å². The zero-order valence-electron chi connectivity index (χ0n) is 15.0. The summed E-state index contributed by atoms with van der Waals surface area (Å²) in [5.74, 6) is 0.677. The van der Waals surface area contributed by atoms with E-state index in [4.69, 9.17) is 4.74 Å². The Labute approximate surface area is 154 Å². The molecule has 0 saturated heterocycles. The molecule has 24 heavy (non-hydrogen) atoms. The molecule has 1 aliphatic carbocycles. The maximum absolute atomic E-state index is 11.9. The van der Waals surface area contributed by atoms with Crippen LogP contribution in [0.5, 0.6) is 0 Å². The van der Waals surface area contributed by atoms with E-state index >= 15 is 0 Å². The van der Waals surface area contributed by atoms with Gasteiger partial charge in [-0.25, -0.2) is 0 Å². The monoisotopic (exact) mass is 367 g/mol. The van der Waals surface area contributed by atoms with Gasteiger partial charge < -0.3 is 10.1 Å². The molecule has 0 bridgehead atoms. The highest BCUT2D eigenvalue weighted by molar-refractivity contribution is 8.04. The molecule has 1 aliphatic rings. The number of methoxy groups -OCH3 is 1. The van der Waals surface area contributed by atoms with Crippen molar-refractivity contribution in [2.45, 2.75) is 54.9 Å². The molecular weight excluding hydrogens is 338 g/mol. The molecule has 2 unspecified atom stereocenters. The third-order valence-corrected chi connectivity index (χ3v) is 7.48. The summed E-state index contributed by atoms with van der Waals surface area (Å²) in [6.45, 7) is 5.51. The molecule has 1 aromatic carbocycles. The predicted molar refractivity (Wildman–Crippen MR) is 105 cm³/mol. The van der Waals surface area contributed by atoms with Gasteiger partial charge in [0.05, 0.1) is 12.4 Å². The minimum Gasteiger partial charge on any atom is -0.383 e. The lowest BCUT2D eigenvalue weighted by Crippen LogP contribution is -2.31. The van der Waals surface area contributed by atoms with Crippen molar-refractivity contribution in [3.05, 3.63) is 29.3 Å². The van der Waals surface area contributed by atoms with Gasteiger partial charge in [-0.1, -0.05) is 30.5 Å². The fourth-order valence-corrected chi connectivity index (χ4v) is 5.85. The minimum atomic E-state index is 0.123. The number of hydrogen-bond donors (Lipinski definition) is 1. The molecule has 0 aliphatic heterocycles. The first-order valence-electron chi connectivity index (χ1n) is 8.71. The van der Waals surface area contributed by atoms with Crippen molar-refractivity contribution in [2.75, 3.05) is 26.0 Å². The molecule has 0 heterocycles. The van der Waals surface area contributed by atoms with Crippen LogP contribution in [0.25, 0.3) is 0 Å². The number of rotatable bonds is 8. The zero-order valence-corrected chi connectivity index (χ0v) is 16.6. The maximum Gasteiger partial charge on any atom is 0.230 e. The van der Waals surface area contributed by atoms with E-state index in [0.29, 0.717) is 29.4 Å². The van der Waals surface area contributed by atoms with Gasteiger partial charge in [0.1, 0.15) is 0 Å². The molecule has 0 aromatic heterocycles. The summed E-state index contributed by atoms with van der Waals surface area (Å²) >= 11 is 3.83. The van der Waals surface area contributed by atoms with Crippen LogP contribution in [0.1, 0.15) is 36.8 Å². The summed E-state index contributed by atoms with van der Waals surface area (Å²) in [5.41, 5.74) is 2.69. The lowest BCUT2D eigenvalue weighted by Gasteiger charge is -2.31. The van der Waals surface area contributed by atoms with Gasteiger partial charge in [0.15, 0.2) is 0 Å². The number of benzene rings is 1. The fourth-order valence-electron chi connectivity index (χ4n) is 3.01. The fraction of sp³-hybridized carbons (Fsp3) is 0.632. The van der Waals surface area contributed by atoms with Crippen LogP contribution in [0.15, 0.2) is 23.1 Å². The van der Waals surface area contributed by atoms with E-state index < -0.39 is 0 Å². The Kier molecular flexibility index (Phi) is 8.50. The van der Waals surface area contributed by atoms with Crippen molar-refractivity contribution in [3.63, 3.8) is 0 Å². The van der Waals surface area contributed by atoms with Crippen molar-refractivity contribution < 1.29 is 9.53 Å². The highest BCUT2D eigenvalue weighted by Crippen LogP contribution is 2.40. The second-order valence-electron chi connectivity index (χ2n) is 6.40. The van der Waals surface area contributed by atoms with E-state index in [1.54, 1.807) is 7.11 Å². The van der Waals surface area contributed by atoms with Gasteiger partial charge in [-0.15, -0.1) is 23.5 Å². The number of nitrogens with one attached hydrogen (secondary N) is 1. The van der Waals surface area contributed by atoms with Gasteiger partial charge in [-0.3, -0.25) is 4.79 Å². The van der Waals surface area contributed by atoms with E-state index in [0.717, 1.165) is 0 Å². The van der Waals surface area contributed by atoms with Crippen LogP contribution in [0.3, 0.4) is 0 Å². The molecule has 2 rings (SSSR count). The van der Waals surface area contributed by atoms with Gasteiger partial charge in [0, 0.05) is 29.0 Å². The first-order valence-corrected chi connectivity index (χ1v) is 10.6. The third kappa shape index (κ3) is 6.34. The quantitative estimate of drug-likeness (QED) is 0.699. The van der Waals surface area contributed by atoms with E-state index in [1.807, 2.05) is 23.5 Å². The van der Waals surface area contributed by atoms with Crippen LogP contribution in [0.4, 0.5) is 0 Å². The molecule has 2 atom stereocenters. The summed E-state index contributed by atoms with van der Waals surface area (Å²) in [7, 11) is 1.65. The molecule has 134 valence electrons. The first-order chi connectivity index (χ1) is 11.6. The molecule has 1 N–H and O–H groups in total. The summed E-state index contributed by atoms with van der Waals surface area (Å²) < 4.78 is 4.96. The van der Waals surface area contributed by atoms with E-state index in [1.165, 1.54) is 41.7 Å². The van der Waals surface area contributed by atoms with Gasteiger partial charge >= 0.3 is 0 Å². The molecule has 1 amide bonds. The van der Waals surface area contributed by atoms with Crippen molar-refractivity contribution in [1.82, 2.24) is 5.32 Å². The Hall–Kier alpha value is -0.650. The summed E-state index contributed by atoms with van der Waals surface area (Å²) in [6, 6.07) is 6.71. The average molecular weight is 368 g/mol. The first kappa shape index (κ1) is 19.7. The Morgan fingerprint density at radius 2 is 2.00 bits per heavy atom. The molecular formula is C19H29NO2S2. The largest absolute Gasteiger partial charge is 0.383 e. The summed E-state index contributed by atoms with van der Waals surface area (Å²) in [6.07, 6.45) is 5.06. The van der Waals surface area contributed by atoms with E-state index in [9.17, 15) is 4.79 Å². The minimum absolute atomic E-state index is 0.123. The third-order valence-electron chi connectivity index (χ3n) is 4.31. The van der Waals surface area contributed by atoms with Crippen molar-refractivity contribution >= 4 is 29.4 Å². The highest BCUT2D eigenvalue weighted by atomic mass is 32.2. The summed E-state index contributed by atoms with van der Waals surface area (Å²) in [4.78, 5) is 13.3. The molecule has 5 heteroatoms. The van der Waals surface area contributed by atoms with Crippen LogP contribution < -0.4 is 5.32 Å². The lowest BCUT2D eigenvalue weighted by molar-refractivity contribution is -0.118. The predicted octanol–water partition coefficient (Wildman–Crippen LogP) is 4.20. The SMILES string of the molecule is COCCNC(=O)CSC1CCCCC1Sc1ccc(C)cc1C. The Morgan fingerprint density at radius 1 is 1.25 bits per heavy atom. The van der Waals surface area contributed by atoms with E-state index in [2.05, 4.69) is 37.4 Å². The standard InChI is InChI=1S/C19H29NO2S2/c1-14-8-9-16(15(2)12-14)24-18-7-5-4-6-17(18)23-13-19(21)20-10-11-22-3/h8-9,12,17-18H,4-7,10-11,13H2,1-3H3,(H,20,21). The number of ether oxygens (including phenoxy) is 1. The highest BCUT2D eigenvalue weighted by Gasteiger charge is 2.27. The van der Waals surface area contributed by atoms with E-state index in [-0.39, 0.29) is 5.91 Å². The molecule has 1 saturated carbocycles. The van der Waals surface area contributed by atoms with Gasteiger partial charge in [-0.05, 0) is 38.3 Å². The van der Waals surface area contributed by atoms with Gasteiger partial charge in [0.2, 0.25) is 5.91 Å². The smallest absolute Gasteiger partial charge is 0.230 e. The number of aryl methyl sites for hydroxylation is 2. The number of hydrogen-bond acceptors (Lipinski definition) is 4. The number of carbonyl (C=O) groups is 1. The topological polar surface area (TPSA) is 38.3 Å². The molecule has 0 spiro atoms. The Morgan fingerprint density at radius 3 is 2.71 bits per heavy atom. The summed E-state index contributed by atoms with van der Waals surface area (Å²) in [5, 5.41) is 4.09. The van der Waals surface area contributed by atoms with Crippen molar-refractivity contribution in [1.29, 1.82) is 0 Å². The normalized spacial score (nSPS) is 20.8. The van der Waals surface area contributed by atoms with Crippen LogP contribution in [0.2, 0.25) is 0 Å². The number of carbonyl (C=O) groups excluding carboxylic acids is 1. The maximum atomic E-state index is 11.9. The number of thioether (sulfide) groups is 2. The molecule has 0 radical (unpaired) electrons. The van der Waals surface area contributed by atoms with Crippen molar-refractivity contribution in [3.8, 4) is 0 Å². The molecule has 1 fully saturated rings. The van der Waals surface area contributed by atoms with Gasteiger partial charge in [0.25, 0.3) is 0 Å². The Bertz CT molecular complexity index is 536. The second kappa shape index (κ2) is 10.4. The number of amides is 1. The zero-order chi connectivity index (χ0) is 17.4. The van der Waals surface area contributed by atoms with Crippen LogP contribution in [-0.4, -0.2) is 42.4 Å². The van der Waals surface area contributed by atoms with Crippen LogP contribution in [-0.2, 0) is 9.53 Å². The van der Waals surface area contributed by atoms with Crippen molar-refractivity contribution in [2.24, 2.45) is 0 Å². The average Bonchev–Trinajstić information content (AvgIpc) is 2.57. The van der Waals surface area contributed by atoms with Gasteiger partial charge in [-0.2, -0.15) is 0 Å². The molecule has 3 nitrogen and oxygen atoms in total. The lowest BCUT2D eigenvalue weighted by atomic mass is 10.00.